The van der Waals surface area contributed by atoms with E-state index in [9.17, 15) is 9.59 Å². The van der Waals surface area contributed by atoms with Crippen molar-refractivity contribution in [3.05, 3.63) is 63.6 Å². The number of hydrogen-bond donors (Lipinski definition) is 1. The predicted octanol–water partition coefficient (Wildman–Crippen LogP) is 4.88. The lowest BCUT2D eigenvalue weighted by Crippen LogP contribution is -2.49. The Morgan fingerprint density at radius 3 is 2.30 bits per heavy atom. The van der Waals surface area contributed by atoms with Gasteiger partial charge in [0.25, 0.3) is 5.91 Å². The fourth-order valence-electron chi connectivity index (χ4n) is 2.86. The van der Waals surface area contributed by atoms with E-state index < -0.39 is 6.04 Å². The van der Waals surface area contributed by atoms with E-state index in [-0.39, 0.29) is 25.0 Å². The molecule has 0 unspecified atom stereocenters. The molecular formula is C23H28Cl2N2O3. The van der Waals surface area contributed by atoms with Crippen molar-refractivity contribution in [3.8, 4) is 5.75 Å². The van der Waals surface area contributed by atoms with Crippen LogP contribution in [0.2, 0.25) is 10.0 Å². The van der Waals surface area contributed by atoms with Gasteiger partial charge >= 0.3 is 0 Å². The summed E-state index contributed by atoms with van der Waals surface area (Å²) in [6, 6.07) is 12.1. The maximum absolute atomic E-state index is 13.0. The number of benzene rings is 2. The molecule has 0 spiro atoms. The van der Waals surface area contributed by atoms with Crippen LogP contribution in [0.4, 0.5) is 0 Å². The molecule has 0 saturated heterocycles. The van der Waals surface area contributed by atoms with E-state index in [0.717, 1.165) is 18.4 Å². The molecule has 0 radical (unpaired) electrons. The fraction of sp³-hybridized carbons (Fsp3) is 0.391. The van der Waals surface area contributed by atoms with Crippen LogP contribution in [0.25, 0.3) is 0 Å². The molecule has 1 N–H and O–H groups in total. The van der Waals surface area contributed by atoms with Crippen molar-refractivity contribution in [2.75, 3.05) is 13.2 Å². The Hall–Kier alpha value is -2.24. The highest BCUT2D eigenvalue weighted by Crippen LogP contribution is 2.24. The van der Waals surface area contributed by atoms with Gasteiger partial charge in [0, 0.05) is 13.1 Å². The summed E-state index contributed by atoms with van der Waals surface area (Å²) < 4.78 is 5.67. The van der Waals surface area contributed by atoms with E-state index in [1.807, 2.05) is 31.2 Å². The number of nitrogens with one attached hydrogen (secondary N) is 1. The molecule has 7 heteroatoms. The van der Waals surface area contributed by atoms with Crippen molar-refractivity contribution in [2.45, 2.75) is 46.2 Å². The Labute approximate surface area is 188 Å². The minimum atomic E-state index is -0.662. The van der Waals surface area contributed by atoms with Gasteiger partial charge in [0.05, 0.1) is 10.0 Å². The second kappa shape index (κ2) is 11.8. The van der Waals surface area contributed by atoms with Gasteiger partial charge in [-0.2, -0.15) is 0 Å². The largest absolute Gasteiger partial charge is 0.484 e. The van der Waals surface area contributed by atoms with Crippen LogP contribution in [0.1, 0.15) is 38.3 Å². The third-order valence-corrected chi connectivity index (χ3v) is 5.49. The first kappa shape index (κ1) is 24.0. The number of carbonyl (C=O) groups is 2. The fourth-order valence-corrected chi connectivity index (χ4v) is 3.18. The second-order valence-electron chi connectivity index (χ2n) is 7.02. The van der Waals surface area contributed by atoms with Crippen molar-refractivity contribution in [2.24, 2.45) is 0 Å². The summed E-state index contributed by atoms with van der Waals surface area (Å²) in [6.07, 6.45) is 1.75. The number of amides is 2. The van der Waals surface area contributed by atoms with E-state index in [1.54, 1.807) is 25.1 Å². The Kier molecular flexibility index (Phi) is 9.47. The molecule has 5 nitrogen and oxygen atoms in total. The van der Waals surface area contributed by atoms with E-state index in [2.05, 4.69) is 12.2 Å². The summed E-state index contributed by atoms with van der Waals surface area (Å²) in [5.41, 5.74) is 1.97. The molecule has 30 heavy (non-hydrogen) atoms. The molecule has 0 aliphatic heterocycles. The summed E-state index contributed by atoms with van der Waals surface area (Å²) >= 11 is 12.1. The molecule has 0 aliphatic carbocycles. The quantitative estimate of drug-likeness (QED) is 0.560. The van der Waals surface area contributed by atoms with Crippen LogP contribution in [0, 0.1) is 0 Å². The van der Waals surface area contributed by atoms with Gasteiger partial charge in [-0.15, -0.1) is 0 Å². The summed E-state index contributed by atoms with van der Waals surface area (Å²) in [7, 11) is 0. The minimum absolute atomic E-state index is 0.168. The first-order chi connectivity index (χ1) is 14.3. The van der Waals surface area contributed by atoms with E-state index in [0.29, 0.717) is 22.3 Å². The van der Waals surface area contributed by atoms with Crippen LogP contribution < -0.4 is 10.1 Å². The van der Waals surface area contributed by atoms with Crippen LogP contribution in [-0.2, 0) is 22.6 Å². The number of rotatable bonds is 10. The average Bonchev–Trinajstić information content (AvgIpc) is 2.76. The van der Waals surface area contributed by atoms with Gasteiger partial charge in [0.15, 0.2) is 6.61 Å². The molecule has 2 aromatic carbocycles. The van der Waals surface area contributed by atoms with Crippen LogP contribution in [0.3, 0.4) is 0 Å². The predicted molar refractivity (Wildman–Crippen MR) is 121 cm³/mol. The Balaban J connectivity index is 2.14. The highest BCUT2D eigenvalue weighted by Gasteiger charge is 2.26. The maximum Gasteiger partial charge on any atom is 0.261 e. The summed E-state index contributed by atoms with van der Waals surface area (Å²) in [4.78, 5) is 27.0. The Morgan fingerprint density at radius 2 is 1.70 bits per heavy atom. The molecule has 2 rings (SSSR count). The van der Waals surface area contributed by atoms with Crippen molar-refractivity contribution in [3.63, 3.8) is 0 Å². The highest BCUT2D eigenvalue weighted by molar-refractivity contribution is 6.42. The van der Waals surface area contributed by atoms with Gasteiger partial charge in [0.1, 0.15) is 11.8 Å². The smallest absolute Gasteiger partial charge is 0.261 e. The number of ether oxygens (including phenoxy) is 1. The monoisotopic (exact) mass is 450 g/mol. The van der Waals surface area contributed by atoms with Crippen molar-refractivity contribution in [1.29, 1.82) is 0 Å². The zero-order chi connectivity index (χ0) is 22.1. The van der Waals surface area contributed by atoms with Gasteiger partial charge < -0.3 is 15.0 Å². The molecule has 2 aromatic rings. The maximum atomic E-state index is 13.0. The van der Waals surface area contributed by atoms with Crippen LogP contribution >= 0.6 is 23.2 Å². The SMILES string of the molecule is CCCNC(=O)[C@@H](C)N(Cc1ccc(Cl)c(Cl)c1)C(=O)COc1ccc(CC)cc1. The highest BCUT2D eigenvalue weighted by atomic mass is 35.5. The average molecular weight is 451 g/mol. The van der Waals surface area contributed by atoms with Crippen molar-refractivity contribution >= 4 is 35.0 Å². The van der Waals surface area contributed by atoms with Crippen LogP contribution in [-0.4, -0.2) is 35.9 Å². The molecule has 1 atom stereocenters. The molecule has 0 saturated carbocycles. The minimum Gasteiger partial charge on any atom is -0.484 e. The zero-order valence-corrected chi connectivity index (χ0v) is 19.1. The third kappa shape index (κ3) is 6.92. The van der Waals surface area contributed by atoms with E-state index in [1.165, 1.54) is 10.5 Å². The zero-order valence-electron chi connectivity index (χ0n) is 17.6. The van der Waals surface area contributed by atoms with E-state index >= 15 is 0 Å². The molecular weight excluding hydrogens is 423 g/mol. The molecule has 0 bridgehead atoms. The first-order valence-corrected chi connectivity index (χ1v) is 10.8. The summed E-state index contributed by atoms with van der Waals surface area (Å²) in [6.45, 7) is 6.36. The number of aryl methyl sites for hydroxylation is 1. The van der Waals surface area contributed by atoms with Gasteiger partial charge in [-0.3, -0.25) is 9.59 Å². The normalized spacial score (nSPS) is 11.6. The molecule has 0 aliphatic rings. The molecule has 2 amide bonds. The molecule has 162 valence electrons. The van der Waals surface area contributed by atoms with Gasteiger partial charge in [-0.25, -0.2) is 0 Å². The number of carbonyl (C=O) groups excluding carboxylic acids is 2. The van der Waals surface area contributed by atoms with Crippen molar-refractivity contribution in [1.82, 2.24) is 10.2 Å². The van der Waals surface area contributed by atoms with Gasteiger partial charge in [-0.1, -0.05) is 55.2 Å². The number of hydrogen-bond acceptors (Lipinski definition) is 3. The summed E-state index contributed by atoms with van der Waals surface area (Å²) in [5, 5.41) is 3.68. The number of nitrogens with zero attached hydrogens (tertiary/aromatic N) is 1. The third-order valence-electron chi connectivity index (χ3n) is 4.75. The topological polar surface area (TPSA) is 58.6 Å². The Morgan fingerprint density at radius 1 is 1.03 bits per heavy atom. The van der Waals surface area contributed by atoms with E-state index in [4.69, 9.17) is 27.9 Å². The Bertz CT molecular complexity index is 856. The summed E-state index contributed by atoms with van der Waals surface area (Å²) in [5.74, 6) is 0.107. The second-order valence-corrected chi connectivity index (χ2v) is 7.84. The lowest BCUT2D eigenvalue weighted by molar-refractivity contribution is -0.142. The molecule has 0 heterocycles. The standard InChI is InChI=1S/C23H28Cl2N2O3/c1-4-12-26-23(29)16(3)27(14-18-8-11-20(24)21(25)13-18)22(28)15-30-19-9-6-17(5-2)7-10-19/h6-11,13,16H,4-5,12,14-15H2,1-3H3,(H,26,29)/t16-/m1/s1. The van der Waals surface area contributed by atoms with Crippen molar-refractivity contribution < 1.29 is 14.3 Å². The van der Waals surface area contributed by atoms with Gasteiger partial charge in [0.2, 0.25) is 5.91 Å². The lowest BCUT2D eigenvalue weighted by atomic mass is 10.1. The molecule has 0 aromatic heterocycles. The van der Waals surface area contributed by atoms with Crippen LogP contribution in [0.15, 0.2) is 42.5 Å². The molecule has 0 fully saturated rings. The first-order valence-electron chi connectivity index (χ1n) is 10.1. The number of halogens is 2. The van der Waals surface area contributed by atoms with Crippen LogP contribution in [0.5, 0.6) is 5.75 Å². The van der Waals surface area contributed by atoms with Gasteiger partial charge in [-0.05, 0) is 55.2 Å². The lowest BCUT2D eigenvalue weighted by Gasteiger charge is -2.29.